The van der Waals surface area contributed by atoms with Crippen LogP contribution in [0.2, 0.25) is 0 Å². The fourth-order valence-electron chi connectivity index (χ4n) is 2.32. The molecule has 0 unspecified atom stereocenters. The normalized spacial score (nSPS) is 17.0. The minimum atomic E-state index is -0.529. The van der Waals surface area contributed by atoms with Crippen molar-refractivity contribution in [1.29, 1.82) is 0 Å². The number of likely N-dealkylation sites (N-methyl/N-ethyl adjacent to an activating group) is 1. The molecule has 1 saturated heterocycles. The number of aromatic hydroxyl groups is 1. The lowest BCUT2D eigenvalue weighted by molar-refractivity contribution is -0.125. The third-order valence-corrected chi connectivity index (χ3v) is 4.54. The van der Waals surface area contributed by atoms with Crippen LogP contribution in [-0.4, -0.2) is 48.3 Å². The Bertz CT molecular complexity index is 639. The summed E-state index contributed by atoms with van der Waals surface area (Å²) in [5.74, 6) is 0.252. The standard InChI is InChI=1S/C16H19NO4S/c1-4-10-7-11(18)8-13(16(20)21-3)12(10)9-14-15(19)17(2)5-6-22-14/h7-9,18H,4-6H2,1-3H3/b14-9+. The topological polar surface area (TPSA) is 66.8 Å². The summed E-state index contributed by atoms with van der Waals surface area (Å²) in [6.45, 7) is 2.64. The molecule has 0 spiro atoms. The van der Waals surface area contributed by atoms with Gasteiger partial charge in [-0.2, -0.15) is 0 Å². The van der Waals surface area contributed by atoms with E-state index in [4.69, 9.17) is 4.74 Å². The predicted molar refractivity (Wildman–Crippen MR) is 86.9 cm³/mol. The average molecular weight is 321 g/mol. The lowest BCUT2D eigenvalue weighted by Gasteiger charge is -2.24. The Labute approximate surface area is 133 Å². The maximum Gasteiger partial charge on any atom is 0.338 e. The fourth-order valence-corrected chi connectivity index (χ4v) is 3.38. The van der Waals surface area contributed by atoms with E-state index in [1.54, 1.807) is 24.1 Å². The first kappa shape index (κ1) is 16.4. The molecule has 0 radical (unpaired) electrons. The number of nitrogens with zero attached hydrogens (tertiary/aromatic N) is 1. The number of hydrogen-bond acceptors (Lipinski definition) is 5. The number of phenolic OH excluding ortho intramolecular Hbond substituents is 1. The van der Waals surface area contributed by atoms with Gasteiger partial charge < -0.3 is 14.7 Å². The molecule has 1 aliphatic heterocycles. The van der Waals surface area contributed by atoms with Crippen molar-refractivity contribution in [1.82, 2.24) is 4.90 Å². The maximum atomic E-state index is 12.2. The molecule has 6 heteroatoms. The van der Waals surface area contributed by atoms with Crippen molar-refractivity contribution in [2.24, 2.45) is 0 Å². The second-order valence-corrected chi connectivity index (χ2v) is 6.13. The highest BCUT2D eigenvalue weighted by atomic mass is 32.2. The van der Waals surface area contributed by atoms with Crippen LogP contribution >= 0.6 is 11.8 Å². The molecule has 2 rings (SSSR count). The third-order valence-electron chi connectivity index (χ3n) is 3.55. The van der Waals surface area contributed by atoms with Crippen LogP contribution in [0.15, 0.2) is 17.0 Å². The Balaban J connectivity index is 2.57. The molecule has 1 fully saturated rings. The Kier molecular flexibility index (Phi) is 5.13. The Morgan fingerprint density at radius 1 is 1.50 bits per heavy atom. The zero-order valence-electron chi connectivity index (χ0n) is 12.9. The molecule has 0 aliphatic carbocycles. The first-order valence-electron chi connectivity index (χ1n) is 7.02. The van der Waals surface area contributed by atoms with E-state index in [0.717, 1.165) is 11.3 Å². The van der Waals surface area contributed by atoms with Gasteiger partial charge in [-0.1, -0.05) is 6.92 Å². The third kappa shape index (κ3) is 3.27. The maximum absolute atomic E-state index is 12.2. The summed E-state index contributed by atoms with van der Waals surface area (Å²) in [7, 11) is 3.05. The Morgan fingerprint density at radius 3 is 2.86 bits per heavy atom. The van der Waals surface area contributed by atoms with Gasteiger partial charge in [-0.3, -0.25) is 4.79 Å². The Hall–Kier alpha value is -1.95. The predicted octanol–water partition coefficient (Wildman–Crippen LogP) is 2.29. The van der Waals surface area contributed by atoms with E-state index >= 15 is 0 Å². The van der Waals surface area contributed by atoms with Crippen molar-refractivity contribution in [3.63, 3.8) is 0 Å². The smallest absolute Gasteiger partial charge is 0.338 e. The first-order valence-corrected chi connectivity index (χ1v) is 8.00. The van der Waals surface area contributed by atoms with Crippen LogP contribution < -0.4 is 0 Å². The average Bonchev–Trinajstić information content (AvgIpc) is 2.51. The monoisotopic (exact) mass is 321 g/mol. The molecule has 5 nitrogen and oxygen atoms in total. The van der Waals surface area contributed by atoms with Crippen molar-refractivity contribution < 1.29 is 19.4 Å². The van der Waals surface area contributed by atoms with Crippen molar-refractivity contribution >= 4 is 29.7 Å². The zero-order chi connectivity index (χ0) is 16.3. The van der Waals surface area contributed by atoms with E-state index in [-0.39, 0.29) is 17.2 Å². The summed E-state index contributed by atoms with van der Waals surface area (Å²) < 4.78 is 4.79. The van der Waals surface area contributed by atoms with Gasteiger partial charge in [-0.25, -0.2) is 4.79 Å². The van der Waals surface area contributed by atoms with Crippen LogP contribution in [-0.2, 0) is 16.0 Å². The molecule has 1 aromatic carbocycles. The number of carbonyl (C=O) groups excluding carboxylic acids is 2. The van der Waals surface area contributed by atoms with Crippen LogP contribution in [0.1, 0.15) is 28.4 Å². The quantitative estimate of drug-likeness (QED) is 0.683. The second kappa shape index (κ2) is 6.87. The molecular formula is C16H19NO4S. The molecule has 1 aliphatic rings. The van der Waals surface area contributed by atoms with Crippen LogP contribution in [0.4, 0.5) is 0 Å². The summed E-state index contributed by atoms with van der Waals surface area (Å²) in [5.41, 5.74) is 1.71. The van der Waals surface area contributed by atoms with Gasteiger partial charge in [0.05, 0.1) is 17.6 Å². The number of ether oxygens (including phenoxy) is 1. The van der Waals surface area contributed by atoms with Gasteiger partial charge in [0.25, 0.3) is 5.91 Å². The number of esters is 1. The number of phenols is 1. The second-order valence-electron chi connectivity index (χ2n) is 5.00. The number of methoxy groups -OCH3 is 1. The number of rotatable bonds is 3. The van der Waals surface area contributed by atoms with Gasteiger partial charge in [0.1, 0.15) is 5.75 Å². The summed E-state index contributed by atoms with van der Waals surface area (Å²) in [6.07, 6.45) is 2.36. The van der Waals surface area contributed by atoms with Crippen LogP contribution in [0.5, 0.6) is 5.75 Å². The molecule has 0 bridgehead atoms. The van der Waals surface area contributed by atoms with Gasteiger partial charge in [0.15, 0.2) is 0 Å². The van der Waals surface area contributed by atoms with E-state index in [1.807, 2.05) is 6.92 Å². The highest BCUT2D eigenvalue weighted by molar-refractivity contribution is 8.04. The van der Waals surface area contributed by atoms with E-state index in [0.29, 0.717) is 23.4 Å². The first-order chi connectivity index (χ1) is 10.5. The molecule has 1 amide bonds. The zero-order valence-corrected chi connectivity index (χ0v) is 13.7. The molecule has 1 heterocycles. The molecule has 1 aromatic rings. The number of benzene rings is 1. The molecule has 22 heavy (non-hydrogen) atoms. The van der Waals surface area contributed by atoms with Crippen LogP contribution in [0.25, 0.3) is 6.08 Å². The summed E-state index contributed by atoms with van der Waals surface area (Å²) in [4.78, 5) is 26.5. The van der Waals surface area contributed by atoms with Gasteiger partial charge in [0.2, 0.25) is 0 Å². The number of amides is 1. The molecule has 118 valence electrons. The van der Waals surface area contributed by atoms with E-state index < -0.39 is 5.97 Å². The van der Waals surface area contributed by atoms with Gasteiger partial charge in [-0.05, 0) is 35.8 Å². The molecule has 0 aromatic heterocycles. The highest BCUT2D eigenvalue weighted by Gasteiger charge is 2.23. The van der Waals surface area contributed by atoms with Crippen LogP contribution in [0.3, 0.4) is 0 Å². The van der Waals surface area contributed by atoms with Gasteiger partial charge in [0, 0.05) is 19.3 Å². The number of hydrogen-bond donors (Lipinski definition) is 1. The largest absolute Gasteiger partial charge is 0.508 e. The van der Waals surface area contributed by atoms with Crippen molar-refractivity contribution in [3.05, 3.63) is 33.7 Å². The van der Waals surface area contributed by atoms with E-state index in [9.17, 15) is 14.7 Å². The number of thioether (sulfide) groups is 1. The summed E-state index contributed by atoms with van der Waals surface area (Å²) in [6, 6.07) is 2.99. The molecular weight excluding hydrogens is 302 g/mol. The van der Waals surface area contributed by atoms with Gasteiger partial charge >= 0.3 is 5.97 Å². The molecule has 0 saturated carbocycles. The lowest BCUT2D eigenvalue weighted by atomic mass is 9.98. The van der Waals surface area contributed by atoms with Crippen molar-refractivity contribution in [2.75, 3.05) is 26.5 Å². The SMILES string of the molecule is CCc1cc(O)cc(C(=O)OC)c1/C=C1/SCCN(C)C1=O. The highest BCUT2D eigenvalue weighted by Crippen LogP contribution is 2.30. The summed E-state index contributed by atoms with van der Waals surface area (Å²) in [5, 5.41) is 9.78. The minimum Gasteiger partial charge on any atom is -0.508 e. The number of aryl methyl sites for hydroxylation is 1. The minimum absolute atomic E-state index is 0.0131. The molecule has 0 atom stereocenters. The van der Waals surface area contributed by atoms with Crippen LogP contribution in [0, 0.1) is 0 Å². The number of carbonyl (C=O) groups is 2. The van der Waals surface area contributed by atoms with Crippen molar-refractivity contribution in [2.45, 2.75) is 13.3 Å². The summed E-state index contributed by atoms with van der Waals surface area (Å²) >= 11 is 1.48. The van der Waals surface area contributed by atoms with Gasteiger partial charge in [-0.15, -0.1) is 11.8 Å². The Morgan fingerprint density at radius 2 is 2.23 bits per heavy atom. The van der Waals surface area contributed by atoms with E-state index in [1.165, 1.54) is 24.9 Å². The van der Waals surface area contributed by atoms with Crippen molar-refractivity contribution in [3.8, 4) is 5.75 Å². The van der Waals surface area contributed by atoms with E-state index in [2.05, 4.69) is 0 Å². The fraction of sp³-hybridized carbons (Fsp3) is 0.375. The lowest BCUT2D eigenvalue weighted by Crippen LogP contribution is -2.33. The molecule has 1 N–H and O–H groups in total.